The van der Waals surface area contributed by atoms with E-state index in [1.807, 2.05) is 32.0 Å². The zero-order valence-electron chi connectivity index (χ0n) is 19.6. The molecule has 0 aliphatic heterocycles. The standard InChI is InChI=1S/C25H31N3O6/c1-4-5-27-10-13-8-15(28(2)3)14-7-11-6-12-9-16(29)20(25(26)34)24(33)18(12)22(31)17(11)23(32)19(14)21(13)30/h8,11-12,18,27,30,32-33H,4-7,9-10H2,1-3H3,(H2,26,34). The molecule has 0 heterocycles. The topological polar surface area (TPSA) is 153 Å². The van der Waals surface area contributed by atoms with Gasteiger partial charge in [0.1, 0.15) is 22.8 Å². The fraction of sp³-hybridized carbons (Fsp3) is 0.480. The molecule has 182 valence electrons. The molecule has 1 amide bonds. The van der Waals surface area contributed by atoms with Gasteiger partial charge >= 0.3 is 0 Å². The molecule has 0 aromatic heterocycles. The lowest BCUT2D eigenvalue weighted by molar-refractivity contribution is -0.127. The smallest absolute Gasteiger partial charge is 0.255 e. The van der Waals surface area contributed by atoms with Crippen LogP contribution in [0.1, 0.15) is 42.9 Å². The van der Waals surface area contributed by atoms with Gasteiger partial charge in [0.2, 0.25) is 0 Å². The highest BCUT2D eigenvalue weighted by atomic mass is 16.3. The molecule has 3 aliphatic rings. The zero-order chi connectivity index (χ0) is 24.9. The van der Waals surface area contributed by atoms with Crippen LogP contribution in [0.15, 0.2) is 23.0 Å². The maximum absolute atomic E-state index is 13.5. The summed E-state index contributed by atoms with van der Waals surface area (Å²) >= 11 is 0. The van der Waals surface area contributed by atoms with Crippen molar-refractivity contribution < 1.29 is 29.7 Å². The molecule has 9 heteroatoms. The van der Waals surface area contributed by atoms with Gasteiger partial charge in [-0.15, -0.1) is 0 Å². The Hall–Kier alpha value is -3.33. The Morgan fingerprint density at radius 2 is 1.91 bits per heavy atom. The van der Waals surface area contributed by atoms with Gasteiger partial charge in [0.05, 0.1) is 11.5 Å². The van der Waals surface area contributed by atoms with Crippen LogP contribution in [0, 0.1) is 17.8 Å². The van der Waals surface area contributed by atoms with Crippen molar-refractivity contribution in [2.45, 2.75) is 39.2 Å². The minimum atomic E-state index is -1.11. The van der Waals surface area contributed by atoms with Crippen molar-refractivity contribution in [3.05, 3.63) is 39.7 Å². The quantitative estimate of drug-likeness (QED) is 0.313. The number of anilines is 1. The van der Waals surface area contributed by atoms with Crippen molar-refractivity contribution in [1.82, 2.24) is 5.32 Å². The summed E-state index contributed by atoms with van der Waals surface area (Å²) in [5.41, 5.74) is 7.26. The first kappa shape index (κ1) is 23.8. The van der Waals surface area contributed by atoms with Crippen LogP contribution in [0.25, 0.3) is 5.76 Å². The summed E-state index contributed by atoms with van der Waals surface area (Å²) in [5.74, 6) is -5.15. The monoisotopic (exact) mass is 469 g/mol. The molecule has 1 saturated carbocycles. The van der Waals surface area contributed by atoms with Crippen LogP contribution in [0.2, 0.25) is 0 Å². The molecule has 34 heavy (non-hydrogen) atoms. The summed E-state index contributed by atoms with van der Waals surface area (Å²) in [7, 11) is 3.75. The van der Waals surface area contributed by atoms with E-state index in [9.17, 15) is 29.7 Å². The first-order valence-corrected chi connectivity index (χ1v) is 11.6. The number of carbonyl (C=O) groups is 3. The van der Waals surface area contributed by atoms with Gasteiger partial charge in [-0.05, 0) is 49.3 Å². The number of phenols is 1. The average Bonchev–Trinajstić information content (AvgIpc) is 2.74. The van der Waals surface area contributed by atoms with Crippen LogP contribution in [0.5, 0.6) is 5.75 Å². The molecule has 6 N–H and O–H groups in total. The normalized spacial score (nSPS) is 24.0. The van der Waals surface area contributed by atoms with Gasteiger partial charge in [0, 0.05) is 43.9 Å². The van der Waals surface area contributed by atoms with Crippen molar-refractivity contribution in [3.8, 4) is 5.75 Å². The molecule has 4 rings (SSSR count). The number of rotatable bonds is 6. The Morgan fingerprint density at radius 3 is 2.53 bits per heavy atom. The van der Waals surface area contributed by atoms with Crippen LogP contribution >= 0.6 is 0 Å². The largest absolute Gasteiger partial charge is 0.511 e. The maximum Gasteiger partial charge on any atom is 0.255 e. The summed E-state index contributed by atoms with van der Waals surface area (Å²) in [6, 6.07) is 1.89. The summed E-state index contributed by atoms with van der Waals surface area (Å²) in [6.45, 7) is 3.19. The van der Waals surface area contributed by atoms with Gasteiger partial charge in [-0.25, -0.2) is 0 Å². The van der Waals surface area contributed by atoms with E-state index in [0.29, 0.717) is 24.9 Å². The number of allylic oxidation sites excluding steroid dienone is 2. The second-order valence-corrected chi connectivity index (χ2v) is 9.58. The highest BCUT2D eigenvalue weighted by Gasteiger charge is 2.51. The number of fused-ring (bicyclic) bond motifs is 3. The predicted molar refractivity (Wildman–Crippen MR) is 126 cm³/mol. The third kappa shape index (κ3) is 3.64. The van der Waals surface area contributed by atoms with Gasteiger partial charge in [0.25, 0.3) is 5.91 Å². The van der Waals surface area contributed by atoms with Crippen LogP contribution in [-0.4, -0.2) is 53.4 Å². The van der Waals surface area contributed by atoms with E-state index < -0.39 is 40.6 Å². The van der Waals surface area contributed by atoms with Gasteiger partial charge in [-0.3, -0.25) is 14.4 Å². The van der Waals surface area contributed by atoms with E-state index in [0.717, 1.165) is 24.2 Å². The van der Waals surface area contributed by atoms with Crippen molar-refractivity contribution >= 4 is 28.9 Å². The van der Waals surface area contributed by atoms with Gasteiger partial charge in [0.15, 0.2) is 11.6 Å². The van der Waals surface area contributed by atoms with E-state index in [2.05, 4.69) is 5.32 Å². The molecular formula is C25H31N3O6. The Labute approximate surface area is 197 Å². The number of hydrogen-bond acceptors (Lipinski definition) is 8. The molecule has 3 atom stereocenters. The number of Topliss-reactive ketones (excluding diaryl/α,β-unsaturated/α-hetero) is 2. The highest BCUT2D eigenvalue weighted by Crippen LogP contribution is 2.52. The number of nitrogens with two attached hydrogens (primary N) is 1. The van der Waals surface area contributed by atoms with E-state index in [-0.39, 0.29) is 35.0 Å². The third-order valence-corrected chi connectivity index (χ3v) is 7.17. The van der Waals surface area contributed by atoms with Crippen molar-refractivity contribution in [2.24, 2.45) is 23.5 Å². The lowest BCUT2D eigenvalue weighted by Gasteiger charge is -2.41. The van der Waals surface area contributed by atoms with Crippen LogP contribution in [0.3, 0.4) is 0 Å². The average molecular weight is 470 g/mol. The molecule has 1 aromatic rings. The zero-order valence-corrected chi connectivity index (χ0v) is 19.6. The number of phenolic OH excluding ortho intramolecular Hbond substituents is 1. The fourth-order valence-electron chi connectivity index (χ4n) is 5.68. The molecule has 3 unspecified atom stereocenters. The number of amides is 1. The lowest BCUT2D eigenvalue weighted by Crippen LogP contribution is -2.44. The summed E-state index contributed by atoms with van der Waals surface area (Å²) in [6.07, 6.45) is 1.64. The van der Waals surface area contributed by atoms with E-state index >= 15 is 0 Å². The van der Waals surface area contributed by atoms with Crippen LogP contribution < -0.4 is 16.0 Å². The van der Waals surface area contributed by atoms with Crippen molar-refractivity contribution in [3.63, 3.8) is 0 Å². The fourth-order valence-corrected chi connectivity index (χ4v) is 5.68. The maximum atomic E-state index is 13.5. The molecule has 9 nitrogen and oxygen atoms in total. The number of nitrogens with one attached hydrogen (secondary N) is 1. The number of carbonyl (C=O) groups excluding carboxylic acids is 3. The Bertz CT molecular complexity index is 1150. The van der Waals surface area contributed by atoms with Gasteiger partial charge < -0.3 is 31.3 Å². The molecule has 0 saturated heterocycles. The van der Waals surface area contributed by atoms with Gasteiger partial charge in [-0.1, -0.05) is 6.92 Å². The van der Waals surface area contributed by atoms with E-state index in [1.165, 1.54) is 0 Å². The Balaban J connectivity index is 1.86. The molecule has 0 spiro atoms. The SMILES string of the molecule is CCCNCc1cc(N(C)C)c2c(c1O)C(O)=C1C(=O)C3C(O)=C(C(N)=O)C(=O)CC3CC1C2. The predicted octanol–water partition coefficient (Wildman–Crippen LogP) is 1.87. The van der Waals surface area contributed by atoms with Crippen LogP contribution in [-0.2, 0) is 27.3 Å². The van der Waals surface area contributed by atoms with Crippen molar-refractivity contribution in [2.75, 3.05) is 25.5 Å². The first-order chi connectivity index (χ1) is 16.1. The molecule has 0 bridgehead atoms. The number of benzene rings is 1. The molecule has 3 aliphatic carbocycles. The Morgan fingerprint density at radius 1 is 1.21 bits per heavy atom. The number of primary amides is 1. The summed E-state index contributed by atoms with van der Waals surface area (Å²) in [5, 5.41) is 36.3. The highest BCUT2D eigenvalue weighted by molar-refractivity contribution is 6.21. The second kappa shape index (κ2) is 8.79. The number of aliphatic hydroxyl groups is 2. The number of nitrogens with zero attached hydrogens (tertiary/aromatic N) is 1. The minimum absolute atomic E-state index is 0.0655. The summed E-state index contributed by atoms with van der Waals surface area (Å²) < 4.78 is 0. The number of aliphatic hydroxyl groups excluding tert-OH is 2. The van der Waals surface area contributed by atoms with Gasteiger partial charge in [-0.2, -0.15) is 0 Å². The lowest BCUT2D eigenvalue weighted by atomic mass is 9.61. The first-order valence-electron chi connectivity index (χ1n) is 11.6. The number of ketones is 2. The number of aromatic hydroxyl groups is 1. The third-order valence-electron chi connectivity index (χ3n) is 7.17. The number of hydrogen-bond donors (Lipinski definition) is 5. The van der Waals surface area contributed by atoms with E-state index in [1.54, 1.807) is 0 Å². The van der Waals surface area contributed by atoms with E-state index in [4.69, 9.17) is 5.73 Å². The Kier molecular flexibility index (Phi) is 6.16. The molecular weight excluding hydrogens is 438 g/mol. The second-order valence-electron chi connectivity index (χ2n) is 9.58. The molecule has 1 aromatic carbocycles. The minimum Gasteiger partial charge on any atom is -0.511 e. The molecule has 1 fully saturated rings. The summed E-state index contributed by atoms with van der Waals surface area (Å²) in [4.78, 5) is 39.6. The molecule has 0 radical (unpaired) electrons. The van der Waals surface area contributed by atoms with Crippen molar-refractivity contribution in [1.29, 1.82) is 0 Å². The van der Waals surface area contributed by atoms with Crippen LogP contribution in [0.4, 0.5) is 5.69 Å².